The molecule has 4 aromatic rings. The van der Waals surface area contributed by atoms with Crippen molar-refractivity contribution < 1.29 is 9.59 Å². The largest absolute Gasteiger partial charge is 0.340 e. The summed E-state index contributed by atoms with van der Waals surface area (Å²) in [4.78, 5) is 38.1. The molecular weight excluding hydrogens is 428 g/mol. The number of nitrogens with one attached hydrogen (secondary N) is 1. The lowest BCUT2D eigenvalue weighted by Gasteiger charge is -2.34. The van der Waals surface area contributed by atoms with Gasteiger partial charge in [0.1, 0.15) is 5.69 Å². The molecule has 1 N–H and O–H groups in total. The van der Waals surface area contributed by atoms with Gasteiger partial charge in [-0.25, -0.2) is 9.97 Å². The predicted octanol–water partition coefficient (Wildman–Crippen LogP) is 3.11. The molecule has 5 rings (SSSR count). The summed E-state index contributed by atoms with van der Waals surface area (Å²) in [5.74, 6) is 0.638. The Balaban J connectivity index is 1.16. The zero-order valence-corrected chi connectivity index (χ0v) is 19.0. The van der Waals surface area contributed by atoms with Crippen LogP contribution in [0.3, 0.4) is 0 Å². The number of aromatic nitrogens is 3. The van der Waals surface area contributed by atoms with Gasteiger partial charge in [0.25, 0.3) is 5.91 Å². The number of carbonyl (C=O) groups excluding carboxylic acids is 2. The number of para-hydroxylation sites is 1. The Morgan fingerprint density at radius 2 is 1.62 bits per heavy atom. The van der Waals surface area contributed by atoms with Gasteiger partial charge in [-0.3, -0.25) is 9.59 Å². The van der Waals surface area contributed by atoms with E-state index in [-0.39, 0.29) is 11.8 Å². The number of aryl methyl sites for hydroxylation is 1. The second kappa shape index (κ2) is 9.35. The van der Waals surface area contributed by atoms with Crippen LogP contribution in [0.1, 0.15) is 16.1 Å². The fraction of sp³-hybridized carbons (Fsp3) is 0.231. The van der Waals surface area contributed by atoms with Crippen LogP contribution in [-0.4, -0.2) is 57.4 Å². The fourth-order valence-corrected chi connectivity index (χ4v) is 4.30. The summed E-state index contributed by atoms with van der Waals surface area (Å²) in [5, 5.41) is 3.98. The molecule has 1 saturated heterocycles. The molecule has 0 unspecified atom stereocenters. The summed E-state index contributed by atoms with van der Waals surface area (Å²) in [6.07, 6.45) is 3.79. The van der Waals surface area contributed by atoms with Crippen molar-refractivity contribution >= 4 is 34.4 Å². The van der Waals surface area contributed by atoms with E-state index in [0.717, 1.165) is 29.6 Å². The number of nitrogens with zero attached hydrogens (tertiary/aromatic N) is 5. The molecule has 1 aliphatic rings. The van der Waals surface area contributed by atoms with Crippen LogP contribution in [-0.2, 0) is 18.3 Å². The minimum absolute atomic E-state index is 0.0981. The maximum absolute atomic E-state index is 12.8. The first-order valence-electron chi connectivity index (χ1n) is 11.3. The van der Waals surface area contributed by atoms with Gasteiger partial charge in [-0.15, -0.1) is 0 Å². The zero-order chi connectivity index (χ0) is 23.5. The quantitative estimate of drug-likeness (QED) is 0.501. The molecule has 0 bridgehead atoms. The summed E-state index contributed by atoms with van der Waals surface area (Å²) in [6, 6.07) is 19.1. The van der Waals surface area contributed by atoms with E-state index in [1.165, 1.54) is 0 Å². The highest BCUT2D eigenvalue weighted by Gasteiger charge is 2.22. The molecule has 8 nitrogen and oxygen atoms in total. The molecule has 2 aromatic heterocycles. The third-order valence-corrected chi connectivity index (χ3v) is 6.22. The normalized spacial score (nSPS) is 13.8. The van der Waals surface area contributed by atoms with Gasteiger partial charge in [0.2, 0.25) is 11.9 Å². The van der Waals surface area contributed by atoms with Crippen LogP contribution in [0.4, 0.5) is 11.6 Å². The summed E-state index contributed by atoms with van der Waals surface area (Å²) >= 11 is 0. The van der Waals surface area contributed by atoms with Crippen LogP contribution >= 0.6 is 0 Å². The molecule has 0 spiro atoms. The van der Waals surface area contributed by atoms with E-state index in [1.807, 2.05) is 71.1 Å². The van der Waals surface area contributed by atoms with Crippen molar-refractivity contribution in [1.82, 2.24) is 19.4 Å². The van der Waals surface area contributed by atoms with Crippen molar-refractivity contribution in [1.29, 1.82) is 0 Å². The van der Waals surface area contributed by atoms with Gasteiger partial charge < -0.3 is 19.7 Å². The van der Waals surface area contributed by atoms with E-state index in [1.54, 1.807) is 18.5 Å². The van der Waals surface area contributed by atoms with Crippen molar-refractivity contribution in [2.75, 3.05) is 36.4 Å². The lowest BCUT2D eigenvalue weighted by atomic mass is 10.1. The molecule has 1 aliphatic heterocycles. The molecule has 2 amide bonds. The summed E-state index contributed by atoms with van der Waals surface area (Å²) in [6.45, 7) is 2.73. The zero-order valence-electron chi connectivity index (χ0n) is 19.0. The fourth-order valence-electron chi connectivity index (χ4n) is 4.30. The van der Waals surface area contributed by atoms with Crippen LogP contribution in [0.15, 0.2) is 73.1 Å². The molecule has 1 fully saturated rings. The van der Waals surface area contributed by atoms with Gasteiger partial charge in [-0.1, -0.05) is 30.3 Å². The molecule has 0 radical (unpaired) electrons. The Labute approximate surface area is 197 Å². The van der Waals surface area contributed by atoms with Crippen LogP contribution in [0.2, 0.25) is 0 Å². The van der Waals surface area contributed by atoms with Gasteiger partial charge >= 0.3 is 0 Å². The summed E-state index contributed by atoms with van der Waals surface area (Å²) < 4.78 is 1.89. The van der Waals surface area contributed by atoms with Crippen LogP contribution in [0, 0.1) is 0 Å². The maximum atomic E-state index is 12.8. The van der Waals surface area contributed by atoms with Crippen molar-refractivity contribution in [3.05, 3.63) is 84.3 Å². The minimum Gasteiger partial charge on any atom is -0.340 e. The highest BCUT2D eigenvalue weighted by molar-refractivity contribution is 6.06. The van der Waals surface area contributed by atoms with E-state index >= 15 is 0 Å². The van der Waals surface area contributed by atoms with Gasteiger partial charge in [-0.2, -0.15) is 0 Å². The standard InChI is InChI=1S/C26H26N6O2/c1-30-22-6-3-2-5-20(22)18-23(30)25(34)29-21-9-7-19(8-10-21)17-24(33)31-13-15-32(16-14-31)26-27-11-4-12-28-26/h2-12,18H,13-17H2,1H3,(H,29,34). The second-order valence-corrected chi connectivity index (χ2v) is 8.39. The second-order valence-electron chi connectivity index (χ2n) is 8.39. The van der Waals surface area contributed by atoms with Crippen molar-refractivity contribution in [3.8, 4) is 0 Å². The third kappa shape index (κ3) is 4.47. The molecule has 0 aliphatic carbocycles. The molecule has 0 atom stereocenters. The van der Waals surface area contributed by atoms with E-state index in [4.69, 9.17) is 0 Å². The minimum atomic E-state index is -0.164. The Kier molecular flexibility index (Phi) is 5.95. The molecule has 0 saturated carbocycles. The lowest BCUT2D eigenvalue weighted by molar-refractivity contribution is -0.130. The highest BCUT2D eigenvalue weighted by atomic mass is 16.2. The van der Waals surface area contributed by atoms with Crippen molar-refractivity contribution in [3.63, 3.8) is 0 Å². The Hall–Kier alpha value is -4.20. The van der Waals surface area contributed by atoms with Crippen molar-refractivity contribution in [2.45, 2.75) is 6.42 Å². The van der Waals surface area contributed by atoms with Gasteiger partial charge in [0.15, 0.2) is 0 Å². The van der Waals surface area contributed by atoms with Gasteiger partial charge in [-0.05, 0) is 35.9 Å². The van der Waals surface area contributed by atoms with Crippen molar-refractivity contribution in [2.24, 2.45) is 7.05 Å². The average molecular weight is 455 g/mol. The SMILES string of the molecule is Cn1c(C(=O)Nc2ccc(CC(=O)N3CCN(c4ncccn4)CC3)cc2)cc2ccccc21. The number of carbonyl (C=O) groups is 2. The van der Waals surface area contributed by atoms with Gasteiger partial charge in [0, 0.05) is 62.2 Å². The monoisotopic (exact) mass is 454 g/mol. The van der Waals surface area contributed by atoms with Gasteiger partial charge in [0.05, 0.1) is 6.42 Å². The number of piperazine rings is 1. The molecule has 3 heterocycles. The molecule has 172 valence electrons. The van der Waals surface area contributed by atoms with Crippen LogP contribution in [0.25, 0.3) is 10.9 Å². The first kappa shape index (κ1) is 21.6. The van der Waals surface area contributed by atoms with Crippen LogP contribution in [0.5, 0.6) is 0 Å². The third-order valence-electron chi connectivity index (χ3n) is 6.22. The van der Waals surface area contributed by atoms with E-state index < -0.39 is 0 Å². The smallest absolute Gasteiger partial charge is 0.272 e. The number of rotatable bonds is 5. The Morgan fingerprint density at radius 3 is 2.32 bits per heavy atom. The molecule has 2 aromatic carbocycles. The van der Waals surface area contributed by atoms with Crippen LogP contribution < -0.4 is 10.2 Å². The number of benzene rings is 2. The lowest BCUT2D eigenvalue weighted by Crippen LogP contribution is -2.49. The first-order chi connectivity index (χ1) is 16.6. The average Bonchev–Trinajstić information content (AvgIpc) is 3.22. The number of hydrogen-bond donors (Lipinski definition) is 1. The molecule has 34 heavy (non-hydrogen) atoms. The van der Waals surface area contributed by atoms with E-state index in [2.05, 4.69) is 20.2 Å². The number of amides is 2. The Bertz CT molecular complexity index is 1310. The topological polar surface area (TPSA) is 83.4 Å². The molecule has 8 heteroatoms. The van der Waals surface area contributed by atoms with E-state index in [0.29, 0.717) is 36.8 Å². The number of anilines is 2. The Morgan fingerprint density at radius 1 is 0.912 bits per heavy atom. The first-order valence-corrected chi connectivity index (χ1v) is 11.3. The number of hydrogen-bond acceptors (Lipinski definition) is 5. The maximum Gasteiger partial charge on any atom is 0.272 e. The number of fused-ring (bicyclic) bond motifs is 1. The summed E-state index contributed by atoms with van der Waals surface area (Å²) in [7, 11) is 1.89. The van der Waals surface area contributed by atoms with E-state index in [9.17, 15) is 9.59 Å². The summed E-state index contributed by atoms with van der Waals surface area (Å²) in [5.41, 5.74) is 3.23. The molecular formula is C26H26N6O2. The predicted molar refractivity (Wildman–Crippen MR) is 132 cm³/mol. The highest BCUT2D eigenvalue weighted by Crippen LogP contribution is 2.20.